The van der Waals surface area contributed by atoms with Crippen molar-refractivity contribution in [2.45, 2.75) is 74.4 Å². The van der Waals surface area contributed by atoms with Crippen molar-refractivity contribution in [1.29, 1.82) is 0 Å². The van der Waals surface area contributed by atoms with Gasteiger partial charge < -0.3 is 33.5 Å². The average Bonchev–Trinajstić information content (AvgIpc) is 3.71. The van der Waals surface area contributed by atoms with E-state index in [-0.39, 0.29) is 17.7 Å². The number of hydrogen-bond donors (Lipinski definition) is 1. The summed E-state index contributed by atoms with van der Waals surface area (Å²) in [5.74, 6) is -3.99. The van der Waals surface area contributed by atoms with Gasteiger partial charge in [0.15, 0.2) is 24.3 Å². The van der Waals surface area contributed by atoms with Crippen LogP contribution in [-0.2, 0) is 34.2 Å². The van der Waals surface area contributed by atoms with Crippen LogP contribution in [0.2, 0.25) is 0 Å². The van der Waals surface area contributed by atoms with Gasteiger partial charge in [-0.15, -0.1) is 0 Å². The van der Waals surface area contributed by atoms with Crippen LogP contribution in [0.5, 0.6) is 0 Å². The Morgan fingerprint density at radius 1 is 0.738 bits per heavy atom. The molecule has 9 heteroatoms. The third-order valence-corrected chi connectivity index (χ3v) is 8.57. The number of carboxylic acids is 1. The molecule has 3 saturated heterocycles. The summed E-state index contributed by atoms with van der Waals surface area (Å²) in [5, 5.41) is 9.68. The van der Waals surface area contributed by atoms with Gasteiger partial charge in [0.25, 0.3) is 0 Å². The fraction of sp³-hybridized carbons (Fsp3) is 0.394. The van der Waals surface area contributed by atoms with Crippen molar-refractivity contribution >= 4 is 11.9 Å². The van der Waals surface area contributed by atoms with Crippen molar-refractivity contribution in [3.8, 4) is 0 Å². The van der Waals surface area contributed by atoms with Crippen molar-refractivity contribution in [2.24, 2.45) is 0 Å². The fourth-order valence-electron chi connectivity index (χ4n) is 6.58. The first-order chi connectivity index (χ1) is 20.5. The number of aromatic carboxylic acids is 1. The van der Waals surface area contributed by atoms with Crippen LogP contribution in [0.3, 0.4) is 0 Å². The van der Waals surface area contributed by atoms with Gasteiger partial charge in [0.2, 0.25) is 5.79 Å². The maximum atomic E-state index is 13.5. The molecule has 9 nitrogen and oxygen atoms in total. The Morgan fingerprint density at radius 3 is 2.00 bits per heavy atom. The zero-order valence-corrected chi connectivity index (χ0v) is 22.9. The quantitative estimate of drug-likeness (QED) is 0.407. The summed E-state index contributed by atoms with van der Waals surface area (Å²) in [6.07, 6.45) is 0.636. The molecular formula is C33H32O9. The molecule has 3 heterocycles. The Balaban J connectivity index is 1.21. The topological polar surface area (TPSA) is 110 Å². The molecule has 0 unspecified atom stereocenters. The second-order valence-corrected chi connectivity index (χ2v) is 11.2. The first-order valence-electron chi connectivity index (χ1n) is 14.5. The number of rotatable bonds is 6. The fourth-order valence-corrected chi connectivity index (χ4v) is 6.58. The van der Waals surface area contributed by atoms with E-state index in [2.05, 4.69) is 0 Å². The predicted molar refractivity (Wildman–Crippen MR) is 148 cm³/mol. The molecule has 0 aromatic heterocycles. The van der Waals surface area contributed by atoms with Gasteiger partial charge in [-0.25, -0.2) is 9.59 Å². The molecule has 0 amide bonds. The van der Waals surface area contributed by atoms with Gasteiger partial charge in [-0.3, -0.25) is 0 Å². The van der Waals surface area contributed by atoms with Gasteiger partial charge in [-0.05, 0) is 25.0 Å². The van der Waals surface area contributed by atoms with Crippen LogP contribution in [0.15, 0.2) is 84.9 Å². The molecule has 1 saturated carbocycles. The smallest absolute Gasteiger partial charge is 0.339 e. The highest BCUT2D eigenvalue weighted by Crippen LogP contribution is 2.49. The lowest BCUT2D eigenvalue weighted by molar-refractivity contribution is -0.256. The van der Waals surface area contributed by atoms with E-state index in [1.165, 1.54) is 12.1 Å². The van der Waals surface area contributed by atoms with E-state index in [0.717, 1.165) is 43.2 Å². The molecule has 3 aliphatic heterocycles. The molecule has 0 bridgehead atoms. The Bertz CT molecular complexity index is 1400. The maximum Gasteiger partial charge on any atom is 0.339 e. The van der Waals surface area contributed by atoms with Gasteiger partial charge >= 0.3 is 11.9 Å². The van der Waals surface area contributed by atoms with Crippen LogP contribution in [0.4, 0.5) is 0 Å². The van der Waals surface area contributed by atoms with E-state index in [1.807, 2.05) is 60.7 Å². The number of esters is 1. The monoisotopic (exact) mass is 572 g/mol. The molecule has 3 aromatic rings. The second kappa shape index (κ2) is 10.9. The van der Waals surface area contributed by atoms with E-state index >= 15 is 0 Å². The van der Waals surface area contributed by atoms with Gasteiger partial charge in [0.05, 0.1) is 17.7 Å². The largest absolute Gasteiger partial charge is 0.478 e. The molecule has 42 heavy (non-hydrogen) atoms. The van der Waals surface area contributed by atoms with Crippen LogP contribution in [0.25, 0.3) is 0 Å². The summed E-state index contributed by atoms with van der Waals surface area (Å²) in [7, 11) is 0. The molecule has 4 fully saturated rings. The van der Waals surface area contributed by atoms with E-state index in [0.29, 0.717) is 0 Å². The lowest BCUT2D eigenvalue weighted by Crippen LogP contribution is -2.46. The highest BCUT2D eigenvalue weighted by Gasteiger charge is 2.63. The highest BCUT2D eigenvalue weighted by atomic mass is 16.9. The van der Waals surface area contributed by atoms with Gasteiger partial charge in [-0.2, -0.15) is 0 Å². The van der Waals surface area contributed by atoms with Crippen molar-refractivity contribution in [3.05, 3.63) is 107 Å². The summed E-state index contributed by atoms with van der Waals surface area (Å²) >= 11 is 0. The molecule has 3 aromatic carbocycles. The number of ether oxygens (including phenoxy) is 6. The lowest BCUT2D eigenvalue weighted by atomic mass is 9.94. The number of hydrogen-bond acceptors (Lipinski definition) is 8. The minimum Gasteiger partial charge on any atom is -0.478 e. The second-order valence-electron chi connectivity index (χ2n) is 11.2. The Morgan fingerprint density at radius 2 is 1.36 bits per heavy atom. The van der Waals surface area contributed by atoms with E-state index in [9.17, 15) is 14.7 Å². The number of benzene rings is 3. The predicted octanol–water partition coefficient (Wildman–Crippen LogP) is 5.03. The van der Waals surface area contributed by atoms with Gasteiger partial charge in [0.1, 0.15) is 12.2 Å². The number of fused-ring (bicyclic) bond motifs is 1. The number of carboxylic acid groups (broad SMARTS) is 1. The zero-order valence-electron chi connectivity index (χ0n) is 22.9. The standard InChI is InChI=1S/C33H32O9/c34-29(35)23-16-8-9-17-24(23)30(36)38-27-26(39-31-28(27)41-32(42-31)18-10-3-11-19-32)25-20-37-33(40-25,21-12-4-1-5-13-21)22-14-6-2-7-15-22/h1-2,4-9,12-17,25-28,31H,3,10-11,18-20H2,(H,34,35)/t25-,26-,27+,28-,31-/m1/s1. The Labute approximate surface area is 243 Å². The van der Waals surface area contributed by atoms with Crippen molar-refractivity contribution in [1.82, 2.24) is 0 Å². The van der Waals surface area contributed by atoms with Gasteiger partial charge in [-0.1, -0.05) is 79.2 Å². The van der Waals surface area contributed by atoms with Crippen molar-refractivity contribution in [2.75, 3.05) is 6.61 Å². The van der Waals surface area contributed by atoms with E-state index < -0.39 is 54.2 Å². The van der Waals surface area contributed by atoms with Crippen LogP contribution < -0.4 is 0 Å². The van der Waals surface area contributed by atoms with Crippen molar-refractivity contribution < 1.29 is 43.1 Å². The molecule has 4 aliphatic rings. The van der Waals surface area contributed by atoms with E-state index in [4.69, 9.17) is 28.4 Å². The highest BCUT2D eigenvalue weighted by molar-refractivity contribution is 6.02. The summed E-state index contributed by atoms with van der Waals surface area (Å²) in [6.45, 7) is 0.152. The van der Waals surface area contributed by atoms with E-state index in [1.54, 1.807) is 12.1 Å². The summed E-state index contributed by atoms with van der Waals surface area (Å²) < 4.78 is 38.6. The van der Waals surface area contributed by atoms with Crippen LogP contribution >= 0.6 is 0 Å². The molecular weight excluding hydrogens is 540 g/mol. The minimum atomic E-state index is -1.22. The molecule has 0 radical (unpaired) electrons. The third kappa shape index (κ3) is 4.71. The first kappa shape index (κ1) is 27.2. The molecule has 5 atom stereocenters. The normalized spacial score (nSPS) is 29.3. The van der Waals surface area contributed by atoms with Gasteiger partial charge in [0, 0.05) is 24.0 Å². The number of carbonyl (C=O) groups is 2. The van der Waals surface area contributed by atoms with Crippen LogP contribution in [0.1, 0.15) is 63.9 Å². The minimum absolute atomic E-state index is 0.0509. The van der Waals surface area contributed by atoms with Crippen LogP contribution in [-0.4, -0.2) is 60.1 Å². The van der Waals surface area contributed by atoms with Crippen LogP contribution in [0, 0.1) is 0 Å². The molecule has 1 spiro atoms. The summed E-state index contributed by atoms with van der Waals surface area (Å²) in [6, 6.07) is 25.3. The first-order valence-corrected chi connectivity index (χ1v) is 14.5. The SMILES string of the molecule is O=C(O)c1ccccc1C(=O)O[C@@H]1[C@H]2OC3(CCCCC3)O[C@H]2O[C@@H]1[C@H]1COC(c2ccccc2)(c2ccccc2)O1. The number of carbonyl (C=O) groups excluding carboxylic acids is 1. The molecule has 7 rings (SSSR count). The third-order valence-electron chi connectivity index (χ3n) is 8.57. The summed E-state index contributed by atoms with van der Waals surface area (Å²) in [5.41, 5.74) is 1.43. The molecule has 1 aliphatic carbocycles. The Kier molecular flexibility index (Phi) is 7.08. The molecule has 218 valence electrons. The summed E-state index contributed by atoms with van der Waals surface area (Å²) in [4.78, 5) is 25.4. The molecule has 1 N–H and O–H groups in total. The zero-order chi connectivity index (χ0) is 28.7. The van der Waals surface area contributed by atoms with Crippen molar-refractivity contribution in [3.63, 3.8) is 0 Å². The lowest BCUT2D eigenvalue weighted by Gasteiger charge is -2.35. The average molecular weight is 573 g/mol. The maximum absolute atomic E-state index is 13.5. The Hall–Kier alpha value is -3.60.